The van der Waals surface area contributed by atoms with Gasteiger partial charge in [0.2, 0.25) is 5.91 Å². The molecule has 0 bridgehead atoms. The summed E-state index contributed by atoms with van der Waals surface area (Å²) in [4.78, 5) is 13.5. The van der Waals surface area contributed by atoms with Crippen molar-refractivity contribution in [3.63, 3.8) is 0 Å². The van der Waals surface area contributed by atoms with E-state index >= 15 is 0 Å². The van der Waals surface area contributed by atoms with Gasteiger partial charge in [-0.05, 0) is 29.1 Å². The van der Waals surface area contributed by atoms with E-state index in [0.717, 1.165) is 5.56 Å². The second kappa shape index (κ2) is 7.09. The Labute approximate surface area is 134 Å². The van der Waals surface area contributed by atoms with Crippen LogP contribution in [0.25, 0.3) is 0 Å². The van der Waals surface area contributed by atoms with Crippen molar-refractivity contribution in [2.24, 2.45) is 0 Å². The second-order valence-electron chi connectivity index (χ2n) is 5.13. The molecule has 0 saturated heterocycles. The molecule has 3 aromatic rings. The molecule has 22 heavy (non-hydrogen) atoms. The average Bonchev–Trinajstić information content (AvgIpc) is 3.25. The Hall–Kier alpha value is -2.33. The first-order chi connectivity index (χ1) is 10.8. The van der Waals surface area contributed by atoms with E-state index in [0.29, 0.717) is 13.0 Å². The zero-order chi connectivity index (χ0) is 15.2. The minimum atomic E-state index is 0.0609. The van der Waals surface area contributed by atoms with Crippen molar-refractivity contribution >= 4 is 17.2 Å². The lowest BCUT2D eigenvalue weighted by atomic mass is 10.1. The van der Waals surface area contributed by atoms with Gasteiger partial charge >= 0.3 is 0 Å². The molecule has 0 fully saturated rings. The van der Waals surface area contributed by atoms with E-state index in [-0.39, 0.29) is 11.9 Å². The third-order valence-electron chi connectivity index (χ3n) is 3.57. The maximum absolute atomic E-state index is 12.3. The molecule has 0 saturated carbocycles. The second-order valence-corrected chi connectivity index (χ2v) is 6.11. The average molecular weight is 310 g/mol. The monoisotopic (exact) mass is 310 g/mol. The summed E-state index contributed by atoms with van der Waals surface area (Å²) >= 11 is 1.68. The molecule has 0 radical (unpaired) electrons. The van der Waals surface area contributed by atoms with Crippen molar-refractivity contribution in [1.29, 1.82) is 0 Å². The van der Waals surface area contributed by atoms with Crippen LogP contribution in [-0.4, -0.2) is 10.5 Å². The molecular weight excluding hydrogens is 292 g/mol. The number of carbonyl (C=O) groups excluding carboxylic acids is 1. The number of hydrogen-bond donors (Lipinski definition) is 1. The predicted molar refractivity (Wildman–Crippen MR) is 89.8 cm³/mol. The van der Waals surface area contributed by atoms with Gasteiger partial charge in [-0.1, -0.05) is 36.4 Å². The number of carbonyl (C=O) groups is 1. The van der Waals surface area contributed by atoms with Crippen LogP contribution >= 0.6 is 11.3 Å². The highest BCUT2D eigenvalue weighted by molar-refractivity contribution is 7.10. The summed E-state index contributed by atoms with van der Waals surface area (Å²) in [5.41, 5.74) is 1.12. The summed E-state index contributed by atoms with van der Waals surface area (Å²) in [6.45, 7) is 0.572. The number of hydrogen-bond acceptors (Lipinski definition) is 2. The fourth-order valence-electron chi connectivity index (χ4n) is 2.43. The summed E-state index contributed by atoms with van der Waals surface area (Å²) in [5, 5.41) is 5.05. The van der Waals surface area contributed by atoms with E-state index in [4.69, 9.17) is 0 Å². The maximum Gasteiger partial charge on any atom is 0.222 e. The number of benzene rings is 1. The quantitative estimate of drug-likeness (QED) is 0.737. The normalized spacial score (nSPS) is 12.0. The van der Waals surface area contributed by atoms with E-state index in [2.05, 4.69) is 16.0 Å². The Balaban J connectivity index is 1.65. The third kappa shape index (κ3) is 3.65. The van der Waals surface area contributed by atoms with Crippen LogP contribution in [0.15, 0.2) is 72.4 Å². The van der Waals surface area contributed by atoms with Crippen LogP contribution in [0.1, 0.15) is 22.9 Å². The zero-order valence-electron chi connectivity index (χ0n) is 12.2. The molecule has 2 aromatic heterocycles. The van der Waals surface area contributed by atoms with E-state index < -0.39 is 0 Å². The molecule has 0 aliphatic carbocycles. The lowest BCUT2D eigenvalue weighted by molar-refractivity contribution is -0.121. The standard InChI is InChI=1S/C18H18N2OS/c21-18(19-14-15-7-2-1-3-8-15)13-16(17-9-6-12-22-17)20-10-4-5-11-20/h1-12,16H,13-14H2,(H,19,21)/t16-/m1/s1. The third-order valence-corrected chi connectivity index (χ3v) is 4.54. The van der Waals surface area contributed by atoms with Gasteiger partial charge in [-0.15, -0.1) is 11.3 Å². The van der Waals surface area contributed by atoms with Gasteiger partial charge in [0.1, 0.15) is 0 Å². The fraction of sp³-hybridized carbons (Fsp3) is 0.167. The van der Waals surface area contributed by atoms with Crippen LogP contribution in [0.2, 0.25) is 0 Å². The number of aromatic nitrogens is 1. The summed E-state index contributed by atoms with van der Waals surface area (Å²) in [7, 11) is 0. The van der Waals surface area contributed by atoms with Crippen LogP contribution < -0.4 is 5.32 Å². The van der Waals surface area contributed by atoms with Crippen molar-refractivity contribution in [3.8, 4) is 0 Å². The molecule has 2 heterocycles. The van der Waals surface area contributed by atoms with Crippen molar-refractivity contribution in [1.82, 2.24) is 9.88 Å². The Morgan fingerprint density at radius 3 is 2.50 bits per heavy atom. The van der Waals surface area contributed by atoms with E-state index in [9.17, 15) is 4.79 Å². The number of nitrogens with one attached hydrogen (secondary N) is 1. The molecule has 112 valence electrons. The van der Waals surface area contributed by atoms with E-state index in [1.54, 1.807) is 11.3 Å². The maximum atomic E-state index is 12.3. The molecule has 0 aliphatic rings. The number of rotatable bonds is 6. The summed E-state index contributed by atoms with van der Waals surface area (Å²) in [6, 6.07) is 18.1. The Morgan fingerprint density at radius 2 is 1.82 bits per heavy atom. The molecule has 0 aliphatic heterocycles. The Bertz CT molecular complexity index is 656. The van der Waals surface area contributed by atoms with E-state index in [1.165, 1.54) is 4.88 Å². The molecule has 0 unspecified atom stereocenters. The van der Waals surface area contributed by atoms with Gasteiger partial charge in [0, 0.05) is 23.8 Å². The molecule has 1 amide bonds. The molecule has 1 N–H and O–H groups in total. The van der Waals surface area contributed by atoms with Crippen LogP contribution in [0.5, 0.6) is 0 Å². The first kappa shape index (κ1) is 14.6. The van der Waals surface area contributed by atoms with Gasteiger partial charge in [0.05, 0.1) is 12.5 Å². The van der Waals surface area contributed by atoms with Crippen LogP contribution in [0.4, 0.5) is 0 Å². The number of amides is 1. The zero-order valence-corrected chi connectivity index (χ0v) is 13.0. The minimum absolute atomic E-state index is 0.0609. The van der Waals surface area contributed by atoms with E-state index in [1.807, 2.05) is 66.3 Å². The van der Waals surface area contributed by atoms with Crippen LogP contribution in [-0.2, 0) is 11.3 Å². The van der Waals surface area contributed by atoms with Gasteiger partial charge in [-0.3, -0.25) is 4.79 Å². The molecule has 1 atom stereocenters. The minimum Gasteiger partial charge on any atom is -0.352 e. The molecule has 0 spiro atoms. The first-order valence-corrected chi connectivity index (χ1v) is 8.17. The van der Waals surface area contributed by atoms with Gasteiger partial charge in [-0.25, -0.2) is 0 Å². The predicted octanol–water partition coefficient (Wildman–Crippen LogP) is 3.85. The fourth-order valence-corrected chi connectivity index (χ4v) is 3.27. The lowest BCUT2D eigenvalue weighted by Gasteiger charge is -2.17. The smallest absolute Gasteiger partial charge is 0.222 e. The highest BCUT2D eigenvalue weighted by Crippen LogP contribution is 2.26. The molecule has 3 rings (SSSR count). The highest BCUT2D eigenvalue weighted by atomic mass is 32.1. The molecule has 1 aromatic carbocycles. The van der Waals surface area contributed by atoms with Crippen molar-refractivity contribution in [2.45, 2.75) is 19.0 Å². The SMILES string of the molecule is O=C(C[C@H](c1cccs1)n1cccc1)NCc1ccccc1. The number of thiophene rings is 1. The topological polar surface area (TPSA) is 34.0 Å². The van der Waals surface area contributed by atoms with Gasteiger partial charge in [-0.2, -0.15) is 0 Å². The van der Waals surface area contributed by atoms with Gasteiger partial charge in [0.15, 0.2) is 0 Å². The number of nitrogens with zero attached hydrogens (tertiary/aromatic N) is 1. The highest BCUT2D eigenvalue weighted by Gasteiger charge is 2.18. The summed E-state index contributed by atoms with van der Waals surface area (Å²) < 4.78 is 2.09. The van der Waals surface area contributed by atoms with Gasteiger partial charge in [0.25, 0.3) is 0 Å². The van der Waals surface area contributed by atoms with Crippen molar-refractivity contribution < 1.29 is 4.79 Å². The van der Waals surface area contributed by atoms with Gasteiger partial charge < -0.3 is 9.88 Å². The van der Waals surface area contributed by atoms with Crippen LogP contribution in [0.3, 0.4) is 0 Å². The largest absolute Gasteiger partial charge is 0.352 e. The van der Waals surface area contributed by atoms with Crippen molar-refractivity contribution in [2.75, 3.05) is 0 Å². The lowest BCUT2D eigenvalue weighted by Crippen LogP contribution is -2.26. The molecule has 3 nitrogen and oxygen atoms in total. The van der Waals surface area contributed by atoms with Crippen LogP contribution in [0, 0.1) is 0 Å². The Kier molecular flexibility index (Phi) is 4.71. The first-order valence-electron chi connectivity index (χ1n) is 7.29. The summed E-state index contributed by atoms with van der Waals surface area (Å²) in [5.74, 6) is 0.0657. The Morgan fingerprint density at radius 1 is 1.05 bits per heavy atom. The molecular formula is C18H18N2OS. The summed E-state index contributed by atoms with van der Waals surface area (Å²) in [6.07, 6.45) is 4.46. The molecule has 4 heteroatoms. The van der Waals surface area contributed by atoms with Crippen molar-refractivity contribution in [3.05, 3.63) is 82.8 Å².